The number of rotatable bonds is 7. The first-order valence-corrected chi connectivity index (χ1v) is 9.57. The van der Waals surface area contributed by atoms with Crippen LogP contribution >= 0.6 is 0 Å². The van der Waals surface area contributed by atoms with Crippen molar-refractivity contribution < 1.29 is 28.6 Å². The summed E-state index contributed by atoms with van der Waals surface area (Å²) in [5.41, 5.74) is 1.73. The number of fused-ring (bicyclic) bond motifs is 1. The molecule has 0 aromatic heterocycles. The Morgan fingerprint density at radius 1 is 1.00 bits per heavy atom. The van der Waals surface area contributed by atoms with Gasteiger partial charge in [-0.15, -0.1) is 0 Å². The molecule has 156 valence electrons. The van der Waals surface area contributed by atoms with E-state index in [0.717, 1.165) is 5.56 Å². The van der Waals surface area contributed by atoms with Gasteiger partial charge in [-0.1, -0.05) is 19.9 Å². The van der Waals surface area contributed by atoms with Crippen molar-refractivity contribution in [2.75, 3.05) is 12.1 Å². The Labute approximate surface area is 174 Å². The molecule has 1 unspecified atom stereocenters. The average Bonchev–Trinajstić information content (AvgIpc) is 3.20. The van der Waals surface area contributed by atoms with Crippen LogP contribution in [0.2, 0.25) is 0 Å². The summed E-state index contributed by atoms with van der Waals surface area (Å²) in [7, 11) is 0. The van der Waals surface area contributed by atoms with Gasteiger partial charge in [0.25, 0.3) is 0 Å². The third kappa shape index (κ3) is 5.26. The number of anilines is 1. The van der Waals surface area contributed by atoms with Gasteiger partial charge in [-0.2, -0.15) is 0 Å². The Bertz CT molecular complexity index is 978. The monoisotopic (exact) mass is 409 g/mol. The molecule has 0 spiro atoms. The highest BCUT2D eigenvalue weighted by Gasteiger charge is 2.19. The zero-order valence-electron chi connectivity index (χ0n) is 17.0. The second kappa shape index (κ2) is 9.26. The van der Waals surface area contributed by atoms with Crippen LogP contribution in [0, 0.1) is 5.92 Å². The minimum atomic E-state index is -0.949. The minimum absolute atomic E-state index is 0.106. The number of ketones is 1. The molecule has 1 aliphatic heterocycles. The Balaban J connectivity index is 1.55. The lowest BCUT2D eigenvalue weighted by Crippen LogP contribution is -2.23. The lowest BCUT2D eigenvalue weighted by atomic mass is 10.1. The summed E-state index contributed by atoms with van der Waals surface area (Å²) in [5, 5.41) is 2.76. The lowest BCUT2D eigenvalue weighted by Gasteiger charge is -2.12. The maximum absolute atomic E-state index is 12.5. The van der Waals surface area contributed by atoms with E-state index in [-0.39, 0.29) is 24.4 Å². The van der Waals surface area contributed by atoms with E-state index in [1.54, 1.807) is 62.4 Å². The highest BCUT2D eigenvalue weighted by molar-refractivity contribution is 6.01. The van der Waals surface area contributed by atoms with Crippen molar-refractivity contribution in [3.63, 3.8) is 0 Å². The summed E-state index contributed by atoms with van der Waals surface area (Å²) in [6, 6.07) is 11.7. The molecule has 0 radical (unpaired) electrons. The predicted octanol–water partition coefficient (Wildman–Crippen LogP) is 3.84. The summed E-state index contributed by atoms with van der Waals surface area (Å²) in [5.74, 6) is 0.0591. The molecule has 0 aliphatic carbocycles. The number of ether oxygens (including phenoxy) is 3. The van der Waals surface area contributed by atoms with Gasteiger partial charge in [-0.3, -0.25) is 9.59 Å². The maximum Gasteiger partial charge on any atom is 0.331 e. The molecule has 1 amide bonds. The maximum atomic E-state index is 12.5. The molecule has 1 aliphatic rings. The summed E-state index contributed by atoms with van der Waals surface area (Å²) in [4.78, 5) is 36.3. The van der Waals surface area contributed by atoms with E-state index in [4.69, 9.17) is 14.2 Å². The number of amides is 1. The van der Waals surface area contributed by atoms with Crippen LogP contribution in [0.5, 0.6) is 11.5 Å². The van der Waals surface area contributed by atoms with Crippen molar-refractivity contribution in [2.24, 2.45) is 5.92 Å². The summed E-state index contributed by atoms with van der Waals surface area (Å²) in [6.45, 7) is 5.28. The Hall–Kier alpha value is -3.61. The summed E-state index contributed by atoms with van der Waals surface area (Å²) >= 11 is 0. The first-order chi connectivity index (χ1) is 14.3. The molecule has 0 bridgehead atoms. The first kappa shape index (κ1) is 21.1. The molecule has 2 aromatic carbocycles. The third-order valence-electron chi connectivity index (χ3n) is 4.43. The van der Waals surface area contributed by atoms with Gasteiger partial charge in [0, 0.05) is 23.2 Å². The van der Waals surface area contributed by atoms with E-state index in [2.05, 4.69) is 5.32 Å². The molecular formula is C23H23NO6. The molecule has 1 N–H and O–H groups in total. The molecule has 0 saturated heterocycles. The van der Waals surface area contributed by atoms with Gasteiger partial charge in [0.2, 0.25) is 18.5 Å². The molecule has 0 fully saturated rings. The van der Waals surface area contributed by atoms with E-state index in [1.807, 2.05) is 0 Å². The van der Waals surface area contributed by atoms with Crippen LogP contribution in [-0.4, -0.2) is 30.6 Å². The molecule has 7 heteroatoms. The fourth-order valence-corrected chi connectivity index (χ4v) is 2.69. The quantitative estimate of drug-likeness (QED) is 0.425. The smallest absolute Gasteiger partial charge is 0.331 e. The number of nitrogens with one attached hydrogen (secondary N) is 1. The highest BCUT2D eigenvalue weighted by Crippen LogP contribution is 2.32. The van der Waals surface area contributed by atoms with Crippen LogP contribution < -0.4 is 14.8 Å². The molecule has 2 aromatic rings. The number of carbonyl (C=O) groups excluding carboxylic acids is 3. The molecule has 1 heterocycles. The second-order valence-corrected chi connectivity index (χ2v) is 7.11. The van der Waals surface area contributed by atoms with Crippen LogP contribution in [0.25, 0.3) is 6.08 Å². The van der Waals surface area contributed by atoms with Crippen LogP contribution in [-0.2, 0) is 14.3 Å². The van der Waals surface area contributed by atoms with Crippen molar-refractivity contribution in [1.29, 1.82) is 0 Å². The van der Waals surface area contributed by atoms with E-state index >= 15 is 0 Å². The standard InChI is InChI=1S/C23H23NO6/c1-14(2)23(27)24-18-8-6-17(7-9-18)22(26)15(3)30-21(25)11-5-16-4-10-19-20(12-16)29-13-28-19/h4-12,14-15H,13H2,1-3H3,(H,24,27)/b11-5+. The summed E-state index contributed by atoms with van der Waals surface area (Å²) in [6.07, 6.45) is 1.88. The van der Waals surface area contributed by atoms with Crippen LogP contribution in [0.1, 0.15) is 36.7 Å². The van der Waals surface area contributed by atoms with Gasteiger partial charge in [0.1, 0.15) is 0 Å². The van der Waals surface area contributed by atoms with E-state index in [0.29, 0.717) is 22.7 Å². The largest absolute Gasteiger partial charge is 0.454 e. The molecule has 1 atom stereocenters. The molecule has 0 saturated carbocycles. The third-order valence-corrected chi connectivity index (χ3v) is 4.43. The number of Topliss-reactive ketones (excluding diaryl/α,β-unsaturated/α-hetero) is 1. The Morgan fingerprint density at radius 3 is 2.40 bits per heavy atom. The van der Waals surface area contributed by atoms with Crippen molar-refractivity contribution in [3.8, 4) is 11.5 Å². The van der Waals surface area contributed by atoms with Gasteiger partial charge in [0.15, 0.2) is 17.6 Å². The minimum Gasteiger partial charge on any atom is -0.454 e. The number of carbonyl (C=O) groups is 3. The highest BCUT2D eigenvalue weighted by atomic mass is 16.7. The molecule has 30 heavy (non-hydrogen) atoms. The zero-order valence-corrected chi connectivity index (χ0v) is 17.0. The van der Waals surface area contributed by atoms with Crippen LogP contribution in [0.15, 0.2) is 48.5 Å². The van der Waals surface area contributed by atoms with Crippen molar-refractivity contribution in [1.82, 2.24) is 0 Å². The summed E-state index contributed by atoms with van der Waals surface area (Å²) < 4.78 is 15.7. The number of esters is 1. The molecule has 7 nitrogen and oxygen atoms in total. The van der Waals surface area contributed by atoms with Crippen molar-refractivity contribution >= 4 is 29.4 Å². The fraction of sp³-hybridized carbons (Fsp3) is 0.261. The average molecular weight is 409 g/mol. The van der Waals surface area contributed by atoms with Gasteiger partial charge in [-0.25, -0.2) is 4.79 Å². The normalized spacial score (nSPS) is 13.3. The molecule has 3 rings (SSSR count). The predicted molar refractivity (Wildman–Crippen MR) is 111 cm³/mol. The van der Waals surface area contributed by atoms with Gasteiger partial charge < -0.3 is 19.5 Å². The zero-order chi connectivity index (χ0) is 21.7. The lowest BCUT2D eigenvalue weighted by molar-refractivity contribution is -0.140. The first-order valence-electron chi connectivity index (χ1n) is 9.57. The number of hydrogen-bond donors (Lipinski definition) is 1. The van der Waals surface area contributed by atoms with E-state index in [1.165, 1.54) is 13.0 Å². The Kier molecular flexibility index (Phi) is 6.51. The topological polar surface area (TPSA) is 90.9 Å². The number of benzene rings is 2. The van der Waals surface area contributed by atoms with Crippen molar-refractivity contribution in [2.45, 2.75) is 26.9 Å². The Morgan fingerprint density at radius 2 is 1.70 bits per heavy atom. The molecular weight excluding hydrogens is 386 g/mol. The van der Waals surface area contributed by atoms with Crippen LogP contribution in [0.3, 0.4) is 0 Å². The van der Waals surface area contributed by atoms with E-state index < -0.39 is 12.1 Å². The van der Waals surface area contributed by atoms with Gasteiger partial charge in [-0.05, 0) is 55.0 Å². The van der Waals surface area contributed by atoms with Crippen molar-refractivity contribution in [3.05, 3.63) is 59.7 Å². The van der Waals surface area contributed by atoms with Crippen LogP contribution in [0.4, 0.5) is 5.69 Å². The SMILES string of the molecule is CC(C)C(=O)Nc1ccc(C(=O)C(C)OC(=O)/C=C/c2ccc3c(c2)OCO3)cc1. The van der Waals surface area contributed by atoms with Gasteiger partial charge in [0.05, 0.1) is 0 Å². The van der Waals surface area contributed by atoms with Gasteiger partial charge >= 0.3 is 5.97 Å². The fourth-order valence-electron chi connectivity index (χ4n) is 2.69. The second-order valence-electron chi connectivity index (χ2n) is 7.11. The number of hydrogen-bond acceptors (Lipinski definition) is 6. The van der Waals surface area contributed by atoms with E-state index in [9.17, 15) is 14.4 Å².